The summed E-state index contributed by atoms with van der Waals surface area (Å²) in [5.74, 6) is 2.58. The average molecular weight is 541 g/mol. The highest BCUT2D eigenvalue weighted by molar-refractivity contribution is 6.74. The van der Waals surface area contributed by atoms with Crippen molar-refractivity contribution in [1.82, 2.24) is 0 Å². The Hall–Kier alpha value is -0.673. The zero-order valence-electron chi connectivity index (χ0n) is 27.1. The van der Waals surface area contributed by atoms with E-state index in [0.717, 1.165) is 12.8 Å². The molecule has 0 aromatic heterocycles. The van der Waals surface area contributed by atoms with Gasteiger partial charge in [-0.25, -0.2) is 0 Å². The zero-order chi connectivity index (χ0) is 28.5. The summed E-state index contributed by atoms with van der Waals surface area (Å²) < 4.78 is 7.16. The van der Waals surface area contributed by atoms with Crippen LogP contribution in [0.25, 0.3) is 0 Å². The van der Waals surface area contributed by atoms with Crippen LogP contribution in [0.4, 0.5) is 0 Å². The molecule has 4 rings (SSSR count). The Morgan fingerprint density at radius 2 is 1.68 bits per heavy atom. The molecule has 0 heterocycles. The second kappa shape index (κ2) is 10.0. The van der Waals surface area contributed by atoms with E-state index in [-0.39, 0.29) is 16.4 Å². The van der Waals surface area contributed by atoms with E-state index in [0.29, 0.717) is 40.5 Å². The van der Waals surface area contributed by atoms with E-state index in [9.17, 15) is 4.79 Å². The fraction of sp³-hybridized carbons (Fsp3) is 0.857. The first-order valence-electron chi connectivity index (χ1n) is 16.0. The number of hydrogen-bond acceptors (Lipinski definition) is 2. The lowest BCUT2D eigenvalue weighted by Crippen LogP contribution is -2.57. The van der Waals surface area contributed by atoms with Crippen molar-refractivity contribution in [2.75, 3.05) is 0 Å². The molecule has 4 aliphatic carbocycles. The van der Waals surface area contributed by atoms with Gasteiger partial charge in [-0.05, 0) is 115 Å². The van der Waals surface area contributed by atoms with E-state index in [1.54, 1.807) is 11.1 Å². The number of rotatable bonds is 7. The maximum absolute atomic E-state index is 12.4. The molecule has 1 fully saturated rings. The summed E-state index contributed by atoms with van der Waals surface area (Å²) in [6.07, 6.45) is 13.6. The summed E-state index contributed by atoms with van der Waals surface area (Å²) in [6, 6.07) is 0. The van der Waals surface area contributed by atoms with E-state index in [2.05, 4.69) is 74.6 Å². The minimum absolute atomic E-state index is 0.167. The SMILES string of the molecule is CC(C)C(=O)CC[C@@H](C)[C@H]1CC=C2C3=C(CC[C@@]21C)[C@@]1(C)CCC(O[Si](C)(C)C(C)(C)C)C(C)(C)[C@@H]1CC3. The molecule has 1 saturated carbocycles. The van der Waals surface area contributed by atoms with Crippen molar-refractivity contribution in [3.8, 4) is 0 Å². The average Bonchev–Trinajstić information content (AvgIpc) is 3.15. The number of fused-ring (bicyclic) bond motifs is 4. The molecule has 0 radical (unpaired) electrons. The van der Waals surface area contributed by atoms with E-state index in [1.807, 2.05) is 19.4 Å². The second-order valence-electron chi connectivity index (χ2n) is 16.7. The van der Waals surface area contributed by atoms with Gasteiger partial charge in [-0.3, -0.25) is 4.79 Å². The minimum Gasteiger partial charge on any atom is -0.413 e. The number of carbonyl (C=O) groups excluding carboxylic acids is 1. The molecule has 1 unspecified atom stereocenters. The Morgan fingerprint density at radius 1 is 1.03 bits per heavy atom. The Balaban J connectivity index is 1.56. The van der Waals surface area contributed by atoms with E-state index < -0.39 is 8.32 Å². The van der Waals surface area contributed by atoms with Crippen molar-refractivity contribution in [2.45, 2.75) is 151 Å². The smallest absolute Gasteiger partial charge is 0.192 e. The van der Waals surface area contributed by atoms with Gasteiger partial charge in [-0.2, -0.15) is 0 Å². The second-order valence-corrected chi connectivity index (χ2v) is 21.5. The van der Waals surface area contributed by atoms with E-state index >= 15 is 0 Å². The van der Waals surface area contributed by atoms with Crippen LogP contribution in [0.1, 0.15) is 127 Å². The van der Waals surface area contributed by atoms with Gasteiger partial charge in [-0.15, -0.1) is 0 Å². The molecule has 0 amide bonds. The molecule has 4 aliphatic rings. The predicted octanol–water partition coefficient (Wildman–Crippen LogP) is 10.3. The van der Waals surface area contributed by atoms with Gasteiger partial charge in [0.25, 0.3) is 0 Å². The van der Waals surface area contributed by atoms with Crippen LogP contribution in [0.15, 0.2) is 22.8 Å². The monoisotopic (exact) mass is 540 g/mol. The summed E-state index contributed by atoms with van der Waals surface area (Å²) in [6.45, 7) is 28.8. The summed E-state index contributed by atoms with van der Waals surface area (Å²) in [7, 11) is -1.81. The lowest BCUT2D eigenvalue weighted by Gasteiger charge is -2.61. The first-order chi connectivity index (χ1) is 17.4. The summed E-state index contributed by atoms with van der Waals surface area (Å²) in [5.41, 5.74) is 6.08. The molecule has 0 aliphatic heterocycles. The van der Waals surface area contributed by atoms with E-state index in [4.69, 9.17) is 4.43 Å². The zero-order valence-corrected chi connectivity index (χ0v) is 28.1. The van der Waals surface area contributed by atoms with Crippen LogP contribution < -0.4 is 0 Å². The maximum atomic E-state index is 12.4. The Morgan fingerprint density at radius 3 is 2.29 bits per heavy atom. The molecular formula is C35H60O2Si. The normalized spacial score (nSPS) is 35.9. The van der Waals surface area contributed by atoms with Crippen molar-refractivity contribution >= 4 is 14.1 Å². The molecule has 6 atom stereocenters. The summed E-state index contributed by atoms with van der Waals surface area (Å²) >= 11 is 0. The number of carbonyl (C=O) groups is 1. The van der Waals surface area contributed by atoms with Gasteiger partial charge >= 0.3 is 0 Å². The first-order valence-corrected chi connectivity index (χ1v) is 18.9. The number of Topliss-reactive ketones (excluding diaryl/α,β-unsaturated/α-hetero) is 1. The standard InChI is InChI=1S/C35H60O2Si/c1-23(2)29(36)17-13-24(3)26-15-16-27-25-14-18-30-33(7,8)31(37-38(11,12)32(4,5)6)20-22-35(30,10)28(25)19-21-34(26,27)9/h16,23-24,26,30-31H,13-15,17-22H2,1-12H3/t24-,26-,30+,31?,34-,35-/m1/s1. The quantitative estimate of drug-likeness (QED) is 0.300. The van der Waals surface area contributed by atoms with Crippen molar-refractivity contribution in [2.24, 2.45) is 39.9 Å². The van der Waals surface area contributed by atoms with Crippen molar-refractivity contribution in [1.29, 1.82) is 0 Å². The molecule has 0 spiro atoms. The third kappa shape index (κ3) is 4.88. The Kier molecular flexibility index (Phi) is 7.97. The Bertz CT molecular complexity index is 992. The van der Waals surface area contributed by atoms with Crippen molar-refractivity contribution < 1.29 is 9.22 Å². The number of ketones is 1. The number of hydrogen-bond donors (Lipinski definition) is 0. The third-order valence-electron chi connectivity index (χ3n) is 12.8. The van der Waals surface area contributed by atoms with E-state index in [1.165, 1.54) is 44.9 Å². The summed E-state index contributed by atoms with van der Waals surface area (Å²) in [4.78, 5) is 12.4. The third-order valence-corrected chi connectivity index (χ3v) is 17.3. The molecule has 38 heavy (non-hydrogen) atoms. The van der Waals surface area contributed by atoms with Crippen molar-refractivity contribution in [3.05, 3.63) is 22.8 Å². The lowest BCUT2D eigenvalue weighted by molar-refractivity contribution is -0.122. The number of allylic oxidation sites excluding steroid dienone is 4. The van der Waals surface area contributed by atoms with Gasteiger partial charge in [0.2, 0.25) is 0 Å². The molecule has 0 aromatic rings. The minimum atomic E-state index is -1.81. The first kappa shape index (κ1) is 30.3. The molecule has 0 aromatic carbocycles. The molecule has 2 nitrogen and oxygen atoms in total. The highest BCUT2D eigenvalue weighted by atomic mass is 28.4. The van der Waals surface area contributed by atoms with Gasteiger partial charge in [0.1, 0.15) is 5.78 Å². The molecule has 0 bridgehead atoms. The topological polar surface area (TPSA) is 26.3 Å². The van der Waals surface area contributed by atoms with Crippen LogP contribution in [0.3, 0.4) is 0 Å². The summed E-state index contributed by atoms with van der Waals surface area (Å²) in [5, 5.41) is 0.255. The highest BCUT2D eigenvalue weighted by Gasteiger charge is 2.58. The fourth-order valence-electron chi connectivity index (χ4n) is 9.17. The fourth-order valence-corrected chi connectivity index (χ4v) is 10.7. The van der Waals surface area contributed by atoms with Crippen LogP contribution in [0.2, 0.25) is 18.1 Å². The Labute approximate surface area is 237 Å². The molecule has 216 valence electrons. The van der Waals surface area contributed by atoms with Crippen LogP contribution in [0.5, 0.6) is 0 Å². The van der Waals surface area contributed by atoms with Gasteiger partial charge in [-0.1, -0.05) is 80.9 Å². The van der Waals surface area contributed by atoms with Gasteiger partial charge in [0.15, 0.2) is 8.32 Å². The van der Waals surface area contributed by atoms with Gasteiger partial charge in [0, 0.05) is 12.3 Å². The van der Waals surface area contributed by atoms with Crippen molar-refractivity contribution in [3.63, 3.8) is 0 Å². The van der Waals surface area contributed by atoms with Crippen LogP contribution in [-0.4, -0.2) is 20.2 Å². The largest absolute Gasteiger partial charge is 0.413 e. The van der Waals surface area contributed by atoms with Gasteiger partial charge in [0.05, 0.1) is 6.10 Å². The van der Waals surface area contributed by atoms with Crippen LogP contribution in [-0.2, 0) is 9.22 Å². The highest BCUT2D eigenvalue weighted by Crippen LogP contribution is 2.67. The van der Waals surface area contributed by atoms with Gasteiger partial charge < -0.3 is 4.43 Å². The van der Waals surface area contributed by atoms with Crippen LogP contribution >= 0.6 is 0 Å². The molecule has 3 heteroatoms. The molecule has 0 saturated heterocycles. The van der Waals surface area contributed by atoms with Crippen LogP contribution in [0, 0.1) is 39.9 Å². The molecular weight excluding hydrogens is 480 g/mol. The lowest BCUT2D eigenvalue weighted by atomic mass is 9.46. The molecule has 0 N–H and O–H groups in total. The maximum Gasteiger partial charge on any atom is 0.192 e. The predicted molar refractivity (Wildman–Crippen MR) is 165 cm³/mol.